The topological polar surface area (TPSA) is 98.8 Å². The molecule has 1 N–H and O–H groups in total. The molecule has 6 rings (SSSR count). The largest absolute Gasteiger partial charge is 0.381 e. The van der Waals surface area contributed by atoms with Crippen LogP contribution in [0.3, 0.4) is 0 Å². The van der Waals surface area contributed by atoms with E-state index >= 15 is 0 Å². The lowest BCUT2D eigenvalue weighted by atomic mass is 10.0. The number of aromatic nitrogens is 7. The van der Waals surface area contributed by atoms with Crippen LogP contribution in [0.1, 0.15) is 125 Å². The van der Waals surface area contributed by atoms with Crippen LogP contribution < -0.4 is 10.2 Å². The highest BCUT2D eigenvalue weighted by atomic mass is 35.5. The van der Waals surface area contributed by atoms with Gasteiger partial charge in [0.25, 0.3) is 0 Å². The number of anilines is 1. The van der Waals surface area contributed by atoms with Crippen LogP contribution in [0.4, 0.5) is 5.82 Å². The third kappa shape index (κ3) is 10.7. The van der Waals surface area contributed by atoms with Gasteiger partial charge in [-0.1, -0.05) is 55.5 Å². The molecule has 12 heteroatoms. The van der Waals surface area contributed by atoms with Gasteiger partial charge in [-0.3, -0.25) is 4.68 Å². The fraction of sp³-hybridized carbons (Fsp3) is 0.675. The molecule has 2 atom stereocenters. The molecule has 0 spiro atoms. The van der Waals surface area contributed by atoms with Gasteiger partial charge in [-0.15, -0.1) is 5.10 Å². The maximum Gasteiger partial charge on any atom is 0.226 e. The molecule has 52 heavy (non-hydrogen) atoms. The number of nitrogens with zero attached hydrogens (tertiary/aromatic N) is 8. The predicted molar refractivity (Wildman–Crippen MR) is 212 cm³/mol. The van der Waals surface area contributed by atoms with Gasteiger partial charge in [0.2, 0.25) is 5.28 Å². The standard InChI is InChI=1S/C40H59Cl2N9O/c1-3-20-50-29-34(47-48-50)15-8-11-23-52-22-10-7-5-4-6-9-21-49(28-33-25-31-13-12-14-32(31)26-37(33)41)38-36-27-44-51(39(36)46-40(42)45-38)35-17-16-30(24-35)18-19-43-2/h25-27,29-30,35,43H,3-24,28H2,1-2H3. The normalized spacial score (nSPS) is 17.1. The highest BCUT2D eigenvalue weighted by Gasteiger charge is 2.29. The highest BCUT2D eigenvalue weighted by Crippen LogP contribution is 2.39. The summed E-state index contributed by atoms with van der Waals surface area (Å²) in [6.45, 7) is 7.37. The van der Waals surface area contributed by atoms with Crippen molar-refractivity contribution in [3.63, 3.8) is 0 Å². The molecule has 0 saturated heterocycles. The van der Waals surface area contributed by atoms with Gasteiger partial charge in [-0.25, -0.2) is 4.68 Å². The Balaban J connectivity index is 0.994. The van der Waals surface area contributed by atoms with Crippen molar-refractivity contribution in [2.75, 3.05) is 38.3 Å². The number of nitrogens with one attached hydrogen (secondary N) is 1. The van der Waals surface area contributed by atoms with E-state index < -0.39 is 0 Å². The number of aryl methyl sites for hydroxylation is 4. The second-order valence-corrected chi connectivity index (χ2v) is 15.8. The van der Waals surface area contributed by atoms with Crippen molar-refractivity contribution in [2.45, 2.75) is 135 Å². The number of fused-ring (bicyclic) bond motifs is 2. The summed E-state index contributed by atoms with van der Waals surface area (Å²) in [5, 5.41) is 18.8. The molecule has 1 saturated carbocycles. The summed E-state index contributed by atoms with van der Waals surface area (Å²) in [7, 11) is 2.03. The molecule has 4 aromatic rings. The van der Waals surface area contributed by atoms with Crippen LogP contribution in [0.2, 0.25) is 10.3 Å². The van der Waals surface area contributed by atoms with Crippen LogP contribution in [-0.2, 0) is 37.1 Å². The molecule has 284 valence electrons. The first-order valence-electron chi connectivity index (χ1n) is 20.1. The molecule has 0 amide bonds. The van der Waals surface area contributed by atoms with Crippen molar-refractivity contribution in [2.24, 2.45) is 5.92 Å². The van der Waals surface area contributed by atoms with Crippen molar-refractivity contribution < 1.29 is 4.74 Å². The van der Waals surface area contributed by atoms with Crippen LogP contribution in [0.25, 0.3) is 11.0 Å². The van der Waals surface area contributed by atoms with Crippen molar-refractivity contribution in [1.82, 2.24) is 40.1 Å². The van der Waals surface area contributed by atoms with Crippen LogP contribution in [-0.4, -0.2) is 68.1 Å². The summed E-state index contributed by atoms with van der Waals surface area (Å²) in [4.78, 5) is 12.0. The zero-order valence-electron chi connectivity index (χ0n) is 31.5. The second kappa shape index (κ2) is 20.0. The third-order valence-corrected chi connectivity index (χ3v) is 11.5. The molecular weight excluding hydrogens is 693 g/mol. The molecule has 2 aliphatic carbocycles. The number of ether oxygens (including phenoxy) is 1. The van der Waals surface area contributed by atoms with Crippen LogP contribution in [0, 0.1) is 5.92 Å². The minimum atomic E-state index is 0.276. The fourth-order valence-corrected chi connectivity index (χ4v) is 8.53. The van der Waals surface area contributed by atoms with E-state index in [1.165, 1.54) is 49.7 Å². The van der Waals surface area contributed by atoms with E-state index in [4.69, 9.17) is 43.0 Å². The number of rotatable bonds is 23. The minimum absolute atomic E-state index is 0.276. The smallest absolute Gasteiger partial charge is 0.226 e. The summed E-state index contributed by atoms with van der Waals surface area (Å²) >= 11 is 13.6. The molecule has 0 bridgehead atoms. The van der Waals surface area contributed by atoms with E-state index in [1.807, 2.05) is 17.9 Å². The Kier molecular flexibility index (Phi) is 15.0. The Bertz CT molecular complexity index is 1690. The molecule has 1 aromatic carbocycles. The SMILES string of the molecule is CCCn1cc(CCCCOCCCCCCCCN(Cc2cc3c(cc2Cl)CCC3)c2nc(Cl)nc3c2cnn3C2CCC(CCNC)C2)nn1. The fourth-order valence-electron chi connectivity index (χ4n) is 8.12. The highest BCUT2D eigenvalue weighted by molar-refractivity contribution is 6.31. The number of halogens is 2. The first-order chi connectivity index (χ1) is 25.5. The van der Waals surface area contributed by atoms with Gasteiger partial charge in [-0.05, 0) is 137 Å². The lowest BCUT2D eigenvalue weighted by Crippen LogP contribution is -2.26. The molecular formula is C40H59Cl2N9O. The second-order valence-electron chi connectivity index (χ2n) is 15.0. The summed E-state index contributed by atoms with van der Waals surface area (Å²) in [5.41, 5.74) is 5.91. The average molecular weight is 753 g/mol. The molecule has 0 radical (unpaired) electrons. The predicted octanol–water partition coefficient (Wildman–Crippen LogP) is 8.96. The molecule has 3 aromatic heterocycles. The Labute approximate surface area is 320 Å². The Hall–Kier alpha value is -2.79. The maximum atomic E-state index is 6.92. The van der Waals surface area contributed by atoms with Gasteiger partial charge < -0.3 is 15.0 Å². The Morgan fingerprint density at radius 3 is 2.58 bits per heavy atom. The van der Waals surface area contributed by atoms with E-state index in [-0.39, 0.29) is 5.28 Å². The zero-order chi connectivity index (χ0) is 36.1. The Morgan fingerprint density at radius 2 is 1.75 bits per heavy atom. The lowest BCUT2D eigenvalue weighted by molar-refractivity contribution is 0.126. The lowest BCUT2D eigenvalue weighted by Gasteiger charge is -2.25. The number of hydrogen-bond donors (Lipinski definition) is 1. The van der Waals surface area contributed by atoms with E-state index in [1.54, 1.807) is 0 Å². The summed E-state index contributed by atoms with van der Waals surface area (Å²) < 4.78 is 9.99. The van der Waals surface area contributed by atoms with Crippen molar-refractivity contribution in [3.05, 3.63) is 57.2 Å². The monoisotopic (exact) mass is 751 g/mol. The van der Waals surface area contributed by atoms with Crippen LogP contribution in [0.5, 0.6) is 0 Å². The number of hydrogen-bond acceptors (Lipinski definition) is 8. The van der Waals surface area contributed by atoms with Gasteiger partial charge in [-0.2, -0.15) is 15.1 Å². The van der Waals surface area contributed by atoms with E-state index in [2.05, 4.69) is 50.5 Å². The van der Waals surface area contributed by atoms with E-state index in [0.717, 1.165) is 137 Å². The molecule has 2 unspecified atom stereocenters. The first kappa shape index (κ1) is 38.9. The zero-order valence-corrected chi connectivity index (χ0v) is 33.0. The third-order valence-electron chi connectivity index (χ3n) is 11.0. The summed E-state index contributed by atoms with van der Waals surface area (Å²) in [6, 6.07) is 4.86. The molecule has 2 aliphatic rings. The average Bonchev–Trinajstić information content (AvgIpc) is 3.96. The van der Waals surface area contributed by atoms with Gasteiger partial charge in [0.05, 0.1) is 23.3 Å². The Morgan fingerprint density at radius 1 is 0.962 bits per heavy atom. The van der Waals surface area contributed by atoms with Crippen LogP contribution in [0.15, 0.2) is 24.5 Å². The summed E-state index contributed by atoms with van der Waals surface area (Å²) in [5.74, 6) is 1.57. The molecule has 10 nitrogen and oxygen atoms in total. The summed E-state index contributed by atoms with van der Waals surface area (Å²) in [6.07, 6.45) is 23.3. The maximum absolute atomic E-state index is 6.92. The molecule has 1 fully saturated rings. The van der Waals surface area contributed by atoms with Gasteiger partial charge >= 0.3 is 0 Å². The van der Waals surface area contributed by atoms with Crippen LogP contribution >= 0.6 is 23.2 Å². The quantitative estimate of drug-likeness (QED) is 0.0593. The van der Waals surface area contributed by atoms with Crippen molar-refractivity contribution in [1.29, 1.82) is 0 Å². The molecule has 0 aliphatic heterocycles. The van der Waals surface area contributed by atoms with Gasteiger partial charge in [0.15, 0.2) is 5.65 Å². The van der Waals surface area contributed by atoms with Crippen molar-refractivity contribution in [3.8, 4) is 0 Å². The number of benzene rings is 1. The first-order valence-corrected chi connectivity index (χ1v) is 20.8. The molecule has 3 heterocycles. The van der Waals surface area contributed by atoms with Gasteiger partial charge in [0, 0.05) is 44.1 Å². The van der Waals surface area contributed by atoms with E-state index in [0.29, 0.717) is 18.5 Å². The van der Waals surface area contributed by atoms with Crippen molar-refractivity contribution >= 4 is 40.1 Å². The number of unbranched alkanes of at least 4 members (excludes halogenated alkanes) is 6. The van der Waals surface area contributed by atoms with Gasteiger partial charge in [0.1, 0.15) is 5.82 Å². The minimum Gasteiger partial charge on any atom is -0.381 e. The van der Waals surface area contributed by atoms with E-state index in [9.17, 15) is 0 Å².